The summed E-state index contributed by atoms with van der Waals surface area (Å²) in [4.78, 5) is 38.9. The molecule has 0 aliphatic heterocycles. The summed E-state index contributed by atoms with van der Waals surface area (Å²) in [5.41, 5.74) is -1.12. The molecule has 7 nitrogen and oxygen atoms in total. The third-order valence-corrected chi connectivity index (χ3v) is 2.88. The summed E-state index contributed by atoms with van der Waals surface area (Å²) >= 11 is 0. The van der Waals surface area contributed by atoms with Crippen LogP contribution in [0.3, 0.4) is 0 Å². The minimum absolute atomic E-state index is 0.136. The Morgan fingerprint density at radius 3 is 1.96 bits per heavy atom. The zero-order valence-corrected chi connectivity index (χ0v) is 15.5. The number of nitrogens with zero attached hydrogens (tertiary/aromatic N) is 1. The Balaban J connectivity index is 3.13. The van der Waals surface area contributed by atoms with Crippen LogP contribution >= 0.6 is 0 Å². The van der Waals surface area contributed by atoms with Crippen LogP contribution in [0.1, 0.15) is 63.2 Å². The number of pyridine rings is 1. The van der Waals surface area contributed by atoms with Gasteiger partial charge < -0.3 is 14.6 Å². The maximum absolute atomic E-state index is 12.1. The van der Waals surface area contributed by atoms with Gasteiger partial charge in [-0.25, -0.2) is 4.98 Å². The van der Waals surface area contributed by atoms with Crippen LogP contribution in [0.25, 0.3) is 0 Å². The van der Waals surface area contributed by atoms with E-state index < -0.39 is 28.9 Å². The number of esters is 2. The van der Waals surface area contributed by atoms with Crippen LogP contribution in [0.5, 0.6) is 5.75 Å². The molecular weight excluding hydrogens is 326 g/mol. The molecule has 0 aromatic carbocycles. The molecule has 0 amide bonds. The van der Waals surface area contributed by atoms with Crippen molar-refractivity contribution in [2.75, 3.05) is 0 Å². The number of ether oxygens (including phenoxy) is 2. The number of hydrogen-bond donors (Lipinski definition) is 1. The van der Waals surface area contributed by atoms with Crippen LogP contribution in [-0.4, -0.2) is 39.5 Å². The van der Waals surface area contributed by atoms with E-state index in [4.69, 9.17) is 9.47 Å². The predicted octanol–water partition coefficient (Wildman–Crippen LogP) is 2.37. The van der Waals surface area contributed by atoms with Gasteiger partial charge in [0.15, 0.2) is 6.29 Å². The van der Waals surface area contributed by atoms with Gasteiger partial charge in [0.25, 0.3) is 0 Å². The lowest BCUT2D eigenvalue weighted by molar-refractivity contribution is -0.155. The van der Waals surface area contributed by atoms with E-state index in [2.05, 4.69) is 4.98 Å². The zero-order valence-electron chi connectivity index (χ0n) is 15.5. The van der Waals surface area contributed by atoms with E-state index in [1.54, 1.807) is 41.5 Å². The van der Waals surface area contributed by atoms with Gasteiger partial charge in [-0.15, -0.1) is 0 Å². The van der Waals surface area contributed by atoms with Gasteiger partial charge in [0, 0.05) is 11.8 Å². The third-order valence-electron chi connectivity index (χ3n) is 2.88. The molecule has 0 bridgehead atoms. The third kappa shape index (κ3) is 6.91. The SMILES string of the molecule is CC(C)(C)OC(=O)Cc1cnc(C=O)c(O)c1CC(=O)OC(C)(C)C. The van der Waals surface area contributed by atoms with Crippen molar-refractivity contribution in [3.8, 4) is 5.75 Å². The van der Waals surface area contributed by atoms with Crippen LogP contribution in [-0.2, 0) is 31.9 Å². The van der Waals surface area contributed by atoms with Crippen LogP contribution in [0.2, 0.25) is 0 Å². The van der Waals surface area contributed by atoms with Crippen molar-refractivity contribution in [1.29, 1.82) is 0 Å². The molecule has 0 unspecified atom stereocenters. The zero-order chi connectivity index (χ0) is 19.4. The summed E-state index contributed by atoms with van der Waals surface area (Å²) in [5, 5.41) is 10.2. The molecule has 25 heavy (non-hydrogen) atoms. The quantitative estimate of drug-likeness (QED) is 0.641. The average molecular weight is 351 g/mol. The lowest BCUT2D eigenvalue weighted by Crippen LogP contribution is -2.26. The maximum Gasteiger partial charge on any atom is 0.310 e. The van der Waals surface area contributed by atoms with E-state index in [0.717, 1.165) is 0 Å². The van der Waals surface area contributed by atoms with Gasteiger partial charge in [-0.3, -0.25) is 14.4 Å². The Bertz CT molecular complexity index is 667. The standard InChI is InChI=1S/C18H25NO6/c1-17(2,3)24-14(21)7-11-9-19-13(10-20)16(23)12(11)8-15(22)25-18(4,5)6/h9-10,23H,7-8H2,1-6H3. The number of carbonyl (C=O) groups is 3. The average Bonchev–Trinajstić information content (AvgIpc) is 2.38. The van der Waals surface area contributed by atoms with Crippen molar-refractivity contribution in [2.45, 2.75) is 65.6 Å². The second kappa shape index (κ2) is 7.63. The number of hydrogen-bond acceptors (Lipinski definition) is 7. The smallest absolute Gasteiger partial charge is 0.310 e. The van der Waals surface area contributed by atoms with Gasteiger partial charge >= 0.3 is 11.9 Å². The fourth-order valence-corrected chi connectivity index (χ4v) is 2.08. The van der Waals surface area contributed by atoms with Gasteiger partial charge in [0.1, 0.15) is 22.6 Å². The Morgan fingerprint density at radius 1 is 1.04 bits per heavy atom. The second-order valence-corrected chi connectivity index (χ2v) is 7.64. The lowest BCUT2D eigenvalue weighted by Gasteiger charge is -2.21. The molecule has 1 heterocycles. The topological polar surface area (TPSA) is 103 Å². The monoisotopic (exact) mass is 351 g/mol. The minimum atomic E-state index is -0.696. The summed E-state index contributed by atoms with van der Waals surface area (Å²) < 4.78 is 10.5. The lowest BCUT2D eigenvalue weighted by atomic mass is 10.0. The summed E-state index contributed by atoms with van der Waals surface area (Å²) in [6, 6.07) is 0. The summed E-state index contributed by atoms with van der Waals surface area (Å²) in [6.45, 7) is 10.4. The first-order valence-electron chi connectivity index (χ1n) is 7.91. The highest BCUT2D eigenvalue weighted by molar-refractivity contribution is 5.82. The van der Waals surface area contributed by atoms with Gasteiger partial charge in [-0.1, -0.05) is 0 Å². The van der Waals surface area contributed by atoms with E-state index in [1.165, 1.54) is 6.20 Å². The fourth-order valence-electron chi connectivity index (χ4n) is 2.08. The first-order valence-corrected chi connectivity index (χ1v) is 7.91. The summed E-state index contributed by atoms with van der Waals surface area (Å²) in [6.07, 6.45) is 1.19. The number of rotatable bonds is 5. The van der Waals surface area contributed by atoms with E-state index in [9.17, 15) is 19.5 Å². The molecule has 1 aromatic rings. The molecule has 1 aromatic heterocycles. The van der Waals surface area contributed by atoms with Crippen molar-refractivity contribution < 1.29 is 29.0 Å². The summed E-state index contributed by atoms with van der Waals surface area (Å²) in [7, 11) is 0. The molecule has 1 N–H and O–H groups in total. The number of carbonyl (C=O) groups excluding carboxylic acids is 3. The summed E-state index contributed by atoms with van der Waals surface area (Å²) in [5.74, 6) is -1.55. The Kier molecular flexibility index (Phi) is 6.29. The van der Waals surface area contributed by atoms with Crippen molar-refractivity contribution in [3.63, 3.8) is 0 Å². The number of aromatic hydroxyl groups is 1. The molecular formula is C18H25NO6. The van der Waals surface area contributed by atoms with Crippen molar-refractivity contribution >= 4 is 18.2 Å². The number of aldehydes is 1. The molecule has 1 rings (SSSR count). The second-order valence-electron chi connectivity index (χ2n) is 7.64. The molecule has 0 aliphatic rings. The largest absolute Gasteiger partial charge is 0.505 e. The Hall–Kier alpha value is -2.44. The minimum Gasteiger partial charge on any atom is -0.505 e. The number of aromatic nitrogens is 1. The van der Waals surface area contributed by atoms with Crippen molar-refractivity contribution in [2.24, 2.45) is 0 Å². The van der Waals surface area contributed by atoms with E-state index in [1.807, 2.05) is 0 Å². The van der Waals surface area contributed by atoms with Gasteiger partial charge in [0.05, 0.1) is 12.8 Å². The molecule has 0 fully saturated rings. The van der Waals surface area contributed by atoms with Crippen LogP contribution in [0, 0.1) is 0 Å². The predicted molar refractivity (Wildman–Crippen MR) is 90.4 cm³/mol. The highest BCUT2D eigenvalue weighted by Gasteiger charge is 2.24. The van der Waals surface area contributed by atoms with Crippen molar-refractivity contribution in [1.82, 2.24) is 4.98 Å². The Morgan fingerprint density at radius 2 is 1.52 bits per heavy atom. The molecule has 0 atom stereocenters. The van der Waals surface area contributed by atoms with Gasteiger partial charge in [-0.2, -0.15) is 0 Å². The van der Waals surface area contributed by atoms with E-state index in [-0.39, 0.29) is 24.1 Å². The molecule has 0 spiro atoms. The van der Waals surface area contributed by atoms with Crippen LogP contribution in [0.4, 0.5) is 0 Å². The molecule has 0 saturated carbocycles. The van der Waals surface area contributed by atoms with Crippen molar-refractivity contribution in [3.05, 3.63) is 23.0 Å². The molecule has 138 valence electrons. The first kappa shape index (κ1) is 20.6. The van der Waals surface area contributed by atoms with Gasteiger partial charge in [-0.05, 0) is 47.1 Å². The highest BCUT2D eigenvalue weighted by atomic mass is 16.6. The first-order chi connectivity index (χ1) is 11.3. The van der Waals surface area contributed by atoms with E-state index >= 15 is 0 Å². The van der Waals surface area contributed by atoms with E-state index in [0.29, 0.717) is 11.8 Å². The molecule has 0 aliphatic carbocycles. The fraction of sp³-hybridized carbons (Fsp3) is 0.556. The molecule has 0 radical (unpaired) electrons. The van der Waals surface area contributed by atoms with Crippen LogP contribution < -0.4 is 0 Å². The molecule has 7 heteroatoms. The van der Waals surface area contributed by atoms with Gasteiger partial charge in [0.2, 0.25) is 0 Å². The van der Waals surface area contributed by atoms with Crippen LogP contribution in [0.15, 0.2) is 6.20 Å². The normalized spacial score (nSPS) is 11.8. The maximum atomic E-state index is 12.1. The Labute approximate surface area is 147 Å². The highest BCUT2D eigenvalue weighted by Crippen LogP contribution is 2.26. The molecule has 0 saturated heterocycles.